The minimum atomic E-state index is -2.56. The average molecular weight is 524 g/mol. The highest BCUT2D eigenvalue weighted by Gasteiger charge is 2.35. The molecule has 3 aromatic rings. The van der Waals surface area contributed by atoms with E-state index in [-0.39, 0.29) is 53.1 Å². The quantitative estimate of drug-likeness (QED) is 0.306. The van der Waals surface area contributed by atoms with Gasteiger partial charge in [0, 0.05) is 17.5 Å². The fourth-order valence-corrected chi connectivity index (χ4v) is 3.73. The monoisotopic (exact) mass is 523 g/mol. The number of carbonyl (C=O) groups excluding carboxylic acids is 1. The molecule has 0 spiro atoms. The van der Waals surface area contributed by atoms with Crippen LogP contribution in [0.4, 0.5) is 13.2 Å². The smallest absolute Gasteiger partial charge is 0.181 e. The number of methoxy groups -OCH3 is 2. The van der Waals surface area contributed by atoms with Gasteiger partial charge in [-0.05, 0) is 55.0 Å². The molecule has 0 aliphatic rings. The summed E-state index contributed by atoms with van der Waals surface area (Å²) in [7, 11) is 2.78. The van der Waals surface area contributed by atoms with E-state index in [0.717, 1.165) is 6.07 Å². The van der Waals surface area contributed by atoms with Gasteiger partial charge in [0.2, 0.25) is 0 Å². The Morgan fingerprint density at radius 3 is 2.42 bits per heavy atom. The van der Waals surface area contributed by atoms with Crippen molar-refractivity contribution in [3.63, 3.8) is 0 Å². The van der Waals surface area contributed by atoms with Gasteiger partial charge >= 0.3 is 0 Å². The summed E-state index contributed by atoms with van der Waals surface area (Å²) in [5.74, 6) is -0.207. The van der Waals surface area contributed by atoms with Crippen LogP contribution in [0, 0.1) is 5.82 Å². The van der Waals surface area contributed by atoms with Crippen molar-refractivity contribution in [2.24, 2.45) is 0 Å². The van der Waals surface area contributed by atoms with Crippen LogP contribution in [0.1, 0.15) is 28.9 Å². The first-order valence-corrected chi connectivity index (χ1v) is 11.3. The van der Waals surface area contributed by atoms with Crippen LogP contribution in [0.25, 0.3) is 11.3 Å². The number of ketones is 1. The van der Waals surface area contributed by atoms with Gasteiger partial charge in [0.05, 0.1) is 31.5 Å². The predicted molar refractivity (Wildman–Crippen MR) is 129 cm³/mol. The van der Waals surface area contributed by atoms with Crippen LogP contribution in [0.5, 0.6) is 17.2 Å². The minimum Gasteiger partial charge on any atom is -0.494 e. The number of ether oxygens (including phenoxy) is 3. The lowest BCUT2D eigenvalue weighted by Crippen LogP contribution is -2.26. The number of Topliss-reactive ketones (excluding diaryl/α,β-unsaturated/α-hetero) is 1. The maximum atomic E-state index is 15.8. The molecule has 2 aromatic carbocycles. The van der Waals surface area contributed by atoms with Gasteiger partial charge < -0.3 is 19.3 Å². The fraction of sp³-hybridized carbons (Fsp3) is 0.308. The molecule has 1 aromatic heterocycles. The lowest BCUT2D eigenvalue weighted by molar-refractivity contribution is 0.0821. The second kappa shape index (κ2) is 12.1. The second-order valence-electron chi connectivity index (χ2n) is 7.84. The van der Waals surface area contributed by atoms with E-state index in [1.165, 1.54) is 56.7 Å². The van der Waals surface area contributed by atoms with Crippen molar-refractivity contribution < 1.29 is 37.3 Å². The van der Waals surface area contributed by atoms with Gasteiger partial charge in [0.25, 0.3) is 0 Å². The topological polar surface area (TPSA) is 77.9 Å². The summed E-state index contributed by atoms with van der Waals surface area (Å²) in [4.78, 5) is 17.0. The number of halogens is 4. The predicted octanol–water partition coefficient (Wildman–Crippen LogP) is 5.73. The Kier molecular flexibility index (Phi) is 9.17. The van der Waals surface area contributed by atoms with E-state index in [4.69, 9.17) is 30.9 Å². The Morgan fingerprint density at radius 1 is 1.06 bits per heavy atom. The third-order valence-corrected chi connectivity index (χ3v) is 5.81. The van der Waals surface area contributed by atoms with Crippen LogP contribution >= 0.6 is 11.6 Å². The number of aliphatic hydroxyl groups is 1. The zero-order valence-electron chi connectivity index (χ0n) is 19.7. The molecule has 1 atom stereocenters. The van der Waals surface area contributed by atoms with Gasteiger partial charge in [0.15, 0.2) is 23.0 Å². The standard InChI is InChI=1S/C26H25ClF3NO5/c1-34-22-7-8-24(31-25(22)17-3-5-19(29)18(27)13-17)26(30,15-28)10-9-20(33)16-4-6-21(36-12-11-32)23(14-16)35-2/h3-8,13-14,32H,9-12,15H2,1-2H3. The number of aliphatic hydroxyl groups excluding tert-OH is 1. The lowest BCUT2D eigenvalue weighted by atomic mass is 9.93. The molecule has 0 aliphatic carbocycles. The maximum absolute atomic E-state index is 15.8. The molecule has 1 N–H and O–H groups in total. The van der Waals surface area contributed by atoms with E-state index < -0.39 is 30.4 Å². The van der Waals surface area contributed by atoms with Gasteiger partial charge in [-0.3, -0.25) is 4.79 Å². The summed E-state index contributed by atoms with van der Waals surface area (Å²) in [6.45, 7) is -1.56. The molecule has 1 unspecified atom stereocenters. The molecular formula is C26H25ClF3NO5. The van der Waals surface area contributed by atoms with E-state index in [9.17, 15) is 13.6 Å². The number of nitrogens with zero attached hydrogens (tertiary/aromatic N) is 1. The number of benzene rings is 2. The van der Waals surface area contributed by atoms with Gasteiger partial charge in [-0.1, -0.05) is 11.6 Å². The minimum absolute atomic E-state index is 0.0471. The second-order valence-corrected chi connectivity index (χ2v) is 8.24. The van der Waals surface area contributed by atoms with Crippen molar-refractivity contribution in [3.05, 3.63) is 70.6 Å². The molecule has 0 amide bonds. The Hall–Kier alpha value is -3.30. The molecule has 192 valence electrons. The number of aromatic nitrogens is 1. The van der Waals surface area contributed by atoms with Crippen molar-refractivity contribution in [2.75, 3.05) is 34.1 Å². The first-order chi connectivity index (χ1) is 17.3. The molecule has 0 radical (unpaired) electrons. The number of carbonyl (C=O) groups is 1. The molecule has 6 nitrogen and oxygen atoms in total. The van der Waals surface area contributed by atoms with Crippen molar-refractivity contribution >= 4 is 17.4 Å². The molecule has 0 bridgehead atoms. The van der Waals surface area contributed by atoms with Crippen LogP contribution in [0.15, 0.2) is 48.5 Å². The third-order valence-electron chi connectivity index (χ3n) is 5.52. The zero-order valence-corrected chi connectivity index (χ0v) is 20.4. The van der Waals surface area contributed by atoms with Gasteiger partial charge in [0.1, 0.15) is 30.5 Å². The van der Waals surface area contributed by atoms with Gasteiger partial charge in [-0.15, -0.1) is 0 Å². The normalized spacial score (nSPS) is 12.6. The molecular weight excluding hydrogens is 499 g/mol. The zero-order chi connectivity index (χ0) is 26.3. The summed E-state index contributed by atoms with van der Waals surface area (Å²) in [6, 6.07) is 11.0. The molecule has 36 heavy (non-hydrogen) atoms. The van der Waals surface area contributed by atoms with Crippen LogP contribution in [-0.2, 0) is 5.67 Å². The number of pyridine rings is 1. The molecule has 1 heterocycles. The highest BCUT2D eigenvalue weighted by Crippen LogP contribution is 2.37. The Balaban J connectivity index is 1.84. The lowest BCUT2D eigenvalue weighted by Gasteiger charge is -2.22. The summed E-state index contributed by atoms with van der Waals surface area (Å²) in [5.41, 5.74) is -2.06. The van der Waals surface area contributed by atoms with Crippen molar-refractivity contribution in [1.29, 1.82) is 0 Å². The number of rotatable bonds is 12. The number of hydrogen-bond acceptors (Lipinski definition) is 6. The number of hydrogen-bond donors (Lipinski definition) is 1. The molecule has 10 heteroatoms. The van der Waals surface area contributed by atoms with Gasteiger partial charge in [-0.25, -0.2) is 18.2 Å². The van der Waals surface area contributed by atoms with Crippen molar-refractivity contribution in [2.45, 2.75) is 18.5 Å². The van der Waals surface area contributed by atoms with Crippen LogP contribution in [-0.4, -0.2) is 50.0 Å². The first-order valence-electron chi connectivity index (χ1n) is 11.0. The summed E-state index contributed by atoms with van der Waals surface area (Å²) in [5, 5.41) is 8.75. The summed E-state index contributed by atoms with van der Waals surface area (Å²) >= 11 is 5.87. The van der Waals surface area contributed by atoms with Gasteiger partial charge in [-0.2, -0.15) is 0 Å². The molecule has 0 saturated carbocycles. The molecule has 0 fully saturated rings. The summed E-state index contributed by atoms with van der Waals surface area (Å²) in [6.07, 6.45) is -0.789. The van der Waals surface area contributed by atoms with E-state index in [0.29, 0.717) is 11.3 Å². The van der Waals surface area contributed by atoms with Crippen LogP contribution < -0.4 is 14.2 Å². The highest BCUT2D eigenvalue weighted by molar-refractivity contribution is 6.31. The third kappa shape index (κ3) is 6.09. The first kappa shape index (κ1) is 27.3. The fourth-order valence-electron chi connectivity index (χ4n) is 3.55. The largest absolute Gasteiger partial charge is 0.494 e. The van der Waals surface area contributed by atoms with Crippen molar-refractivity contribution in [1.82, 2.24) is 4.98 Å². The van der Waals surface area contributed by atoms with E-state index >= 15 is 4.39 Å². The van der Waals surface area contributed by atoms with E-state index in [1.807, 2.05) is 0 Å². The Morgan fingerprint density at radius 2 is 1.78 bits per heavy atom. The molecule has 0 saturated heterocycles. The Bertz CT molecular complexity index is 1230. The maximum Gasteiger partial charge on any atom is 0.181 e. The van der Waals surface area contributed by atoms with Crippen molar-refractivity contribution in [3.8, 4) is 28.5 Å². The average Bonchev–Trinajstić information content (AvgIpc) is 2.91. The van der Waals surface area contributed by atoms with E-state index in [2.05, 4.69) is 4.98 Å². The number of alkyl halides is 2. The van der Waals surface area contributed by atoms with Crippen LogP contribution in [0.3, 0.4) is 0 Å². The highest BCUT2D eigenvalue weighted by atomic mass is 35.5. The summed E-state index contributed by atoms with van der Waals surface area (Å²) < 4.78 is 59.2. The Labute approximate surface area is 211 Å². The van der Waals surface area contributed by atoms with E-state index in [1.54, 1.807) is 0 Å². The molecule has 0 aliphatic heterocycles. The molecule has 3 rings (SSSR count). The van der Waals surface area contributed by atoms with Crippen LogP contribution in [0.2, 0.25) is 5.02 Å². The SMILES string of the molecule is COc1cc(C(=O)CCC(F)(CF)c2ccc(OC)c(-c3ccc(F)c(Cl)c3)n2)ccc1OCCO.